The largest absolute Gasteiger partial charge is 0.492 e. The summed E-state index contributed by atoms with van der Waals surface area (Å²) >= 11 is 0. The summed E-state index contributed by atoms with van der Waals surface area (Å²) in [5.41, 5.74) is 1.19. The molecule has 1 aromatic carbocycles. The third-order valence-corrected chi connectivity index (χ3v) is 3.33. The fraction of sp³-hybridized carbons (Fsp3) is 0.467. The van der Waals surface area contributed by atoms with Crippen LogP contribution < -0.4 is 10.1 Å². The minimum atomic E-state index is -0.302. The first kappa shape index (κ1) is 15.3. The Morgan fingerprint density at radius 3 is 2.71 bits per heavy atom. The molecule has 6 heteroatoms. The first-order valence-corrected chi connectivity index (χ1v) is 7.02. The molecular weight excluding hydrogens is 270 g/mol. The highest BCUT2D eigenvalue weighted by molar-refractivity contribution is 5.96. The van der Waals surface area contributed by atoms with E-state index in [1.54, 1.807) is 0 Å². The molecule has 0 aliphatic carbocycles. The summed E-state index contributed by atoms with van der Waals surface area (Å²) in [5, 5.41) is 2.62. The van der Waals surface area contributed by atoms with Crippen LogP contribution in [0.3, 0.4) is 0 Å². The summed E-state index contributed by atoms with van der Waals surface area (Å²) in [6, 6.07) is 7.54. The van der Waals surface area contributed by atoms with Crippen LogP contribution >= 0.6 is 0 Å². The van der Waals surface area contributed by atoms with Crippen LogP contribution in [0.15, 0.2) is 24.3 Å². The lowest BCUT2D eigenvalue weighted by Crippen LogP contribution is -2.41. The van der Waals surface area contributed by atoms with Crippen molar-refractivity contribution < 1.29 is 14.3 Å². The van der Waals surface area contributed by atoms with Gasteiger partial charge in [-0.2, -0.15) is 0 Å². The predicted octanol–water partition coefficient (Wildman–Crippen LogP) is 0.857. The minimum absolute atomic E-state index is 0.178. The van der Waals surface area contributed by atoms with Gasteiger partial charge in [0.1, 0.15) is 12.4 Å². The van der Waals surface area contributed by atoms with Crippen LogP contribution in [0.25, 0.3) is 0 Å². The molecule has 3 amide bonds. The van der Waals surface area contributed by atoms with Crippen LogP contribution in [-0.4, -0.2) is 61.6 Å². The lowest BCUT2D eigenvalue weighted by molar-refractivity contribution is -0.128. The molecule has 1 fully saturated rings. The van der Waals surface area contributed by atoms with E-state index in [1.165, 1.54) is 10.5 Å². The Balaban J connectivity index is 1.69. The van der Waals surface area contributed by atoms with E-state index in [0.717, 1.165) is 5.75 Å². The molecule has 0 bridgehead atoms. The van der Waals surface area contributed by atoms with Crippen molar-refractivity contribution in [1.82, 2.24) is 15.1 Å². The van der Waals surface area contributed by atoms with Crippen LogP contribution in [0.1, 0.15) is 5.56 Å². The number of nitrogens with one attached hydrogen (secondary N) is 1. The van der Waals surface area contributed by atoms with Gasteiger partial charge in [-0.15, -0.1) is 0 Å². The number of urea groups is 1. The molecule has 0 spiro atoms. The van der Waals surface area contributed by atoms with E-state index >= 15 is 0 Å². The van der Waals surface area contributed by atoms with Gasteiger partial charge in [-0.3, -0.25) is 14.6 Å². The minimum Gasteiger partial charge on any atom is -0.492 e. The molecule has 21 heavy (non-hydrogen) atoms. The zero-order chi connectivity index (χ0) is 15.2. The normalized spacial score (nSPS) is 14.4. The van der Waals surface area contributed by atoms with Gasteiger partial charge in [0.05, 0.1) is 6.54 Å². The molecule has 1 aliphatic heterocycles. The second kappa shape index (κ2) is 7.08. The number of imide groups is 1. The molecule has 0 unspecified atom stereocenters. The molecule has 114 valence electrons. The molecular formula is C15H21N3O3. The van der Waals surface area contributed by atoms with Gasteiger partial charge in [0.25, 0.3) is 0 Å². The topological polar surface area (TPSA) is 61.9 Å². The van der Waals surface area contributed by atoms with Crippen LogP contribution in [-0.2, 0) is 4.79 Å². The number of ether oxygens (including phenoxy) is 1. The summed E-state index contributed by atoms with van der Waals surface area (Å²) < 4.78 is 5.61. The van der Waals surface area contributed by atoms with E-state index in [-0.39, 0.29) is 18.5 Å². The second-order valence-electron chi connectivity index (χ2n) is 5.18. The standard InChI is InChI=1S/C15H21N3O3/c1-12-3-5-13(6-4-12)21-10-9-17(2)11-14(19)18-8-7-16-15(18)20/h3-6H,7-11H2,1-2H3,(H,16,20). The molecule has 1 N–H and O–H groups in total. The summed E-state index contributed by atoms with van der Waals surface area (Å²) in [4.78, 5) is 26.4. The molecule has 0 saturated carbocycles. The van der Waals surface area contributed by atoms with Crippen molar-refractivity contribution in [3.63, 3.8) is 0 Å². The van der Waals surface area contributed by atoms with E-state index in [9.17, 15) is 9.59 Å². The highest BCUT2D eigenvalue weighted by Gasteiger charge is 2.26. The Morgan fingerprint density at radius 2 is 2.10 bits per heavy atom. The van der Waals surface area contributed by atoms with E-state index in [4.69, 9.17) is 4.74 Å². The van der Waals surface area contributed by atoms with E-state index in [2.05, 4.69) is 5.32 Å². The predicted molar refractivity (Wildman–Crippen MR) is 79.3 cm³/mol. The van der Waals surface area contributed by atoms with Gasteiger partial charge < -0.3 is 10.1 Å². The zero-order valence-corrected chi connectivity index (χ0v) is 12.5. The summed E-state index contributed by atoms with van der Waals surface area (Å²) in [6.45, 7) is 4.34. The Labute approximate surface area is 124 Å². The van der Waals surface area contributed by atoms with Crippen LogP contribution in [0.4, 0.5) is 4.79 Å². The summed E-state index contributed by atoms with van der Waals surface area (Å²) in [5.74, 6) is 0.641. The lowest BCUT2D eigenvalue weighted by atomic mass is 10.2. The molecule has 1 aromatic rings. The second-order valence-corrected chi connectivity index (χ2v) is 5.18. The Kier molecular flexibility index (Phi) is 5.16. The Hall–Kier alpha value is -2.08. The molecule has 0 radical (unpaired) electrons. The number of benzene rings is 1. The van der Waals surface area contributed by atoms with Gasteiger partial charge in [0.2, 0.25) is 5.91 Å². The van der Waals surface area contributed by atoms with Gasteiger partial charge in [-0.05, 0) is 26.1 Å². The first-order valence-electron chi connectivity index (χ1n) is 7.02. The Morgan fingerprint density at radius 1 is 1.38 bits per heavy atom. The van der Waals surface area contributed by atoms with Crippen LogP contribution in [0.5, 0.6) is 5.75 Å². The van der Waals surface area contributed by atoms with Crippen molar-refractivity contribution in [2.45, 2.75) is 6.92 Å². The molecule has 1 aliphatic rings. The SMILES string of the molecule is Cc1ccc(OCCN(C)CC(=O)N2CCNC2=O)cc1. The van der Waals surface area contributed by atoms with Crippen molar-refractivity contribution in [1.29, 1.82) is 0 Å². The third kappa shape index (κ3) is 4.46. The maximum absolute atomic E-state index is 11.9. The highest BCUT2D eigenvalue weighted by Crippen LogP contribution is 2.11. The number of aryl methyl sites for hydroxylation is 1. The number of likely N-dealkylation sites (N-methyl/N-ethyl adjacent to an activating group) is 1. The van der Waals surface area contributed by atoms with E-state index in [1.807, 2.05) is 43.1 Å². The quantitative estimate of drug-likeness (QED) is 0.844. The van der Waals surface area contributed by atoms with Crippen molar-refractivity contribution in [3.05, 3.63) is 29.8 Å². The molecule has 1 heterocycles. The lowest BCUT2D eigenvalue weighted by Gasteiger charge is -2.19. The van der Waals surface area contributed by atoms with Crippen LogP contribution in [0, 0.1) is 6.92 Å². The number of amides is 3. The fourth-order valence-electron chi connectivity index (χ4n) is 2.06. The maximum Gasteiger partial charge on any atom is 0.324 e. The summed E-state index contributed by atoms with van der Waals surface area (Å²) in [6.07, 6.45) is 0. The number of nitrogens with zero attached hydrogens (tertiary/aromatic N) is 2. The van der Waals surface area contributed by atoms with E-state index in [0.29, 0.717) is 26.2 Å². The smallest absolute Gasteiger partial charge is 0.324 e. The van der Waals surface area contributed by atoms with Gasteiger partial charge in [-0.1, -0.05) is 17.7 Å². The van der Waals surface area contributed by atoms with Gasteiger partial charge >= 0.3 is 6.03 Å². The van der Waals surface area contributed by atoms with Crippen molar-refractivity contribution in [2.24, 2.45) is 0 Å². The zero-order valence-electron chi connectivity index (χ0n) is 12.5. The number of rotatable bonds is 6. The average molecular weight is 291 g/mol. The molecule has 0 aromatic heterocycles. The highest BCUT2D eigenvalue weighted by atomic mass is 16.5. The van der Waals surface area contributed by atoms with Crippen molar-refractivity contribution in [2.75, 3.05) is 39.8 Å². The van der Waals surface area contributed by atoms with Gasteiger partial charge in [0.15, 0.2) is 0 Å². The molecule has 6 nitrogen and oxygen atoms in total. The fourth-order valence-corrected chi connectivity index (χ4v) is 2.06. The Bertz CT molecular complexity index is 501. The average Bonchev–Trinajstić information content (AvgIpc) is 2.87. The van der Waals surface area contributed by atoms with Crippen molar-refractivity contribution in [3.8, 4) is 5.75 Å². The molecule has 0 atom stereocenters. The number of hydrogen-bond donors (Lipinski definition) is 1. The van der Waals surface area contributed by atoms with E-state index < -0.39 is 0 Å². The monoisotopic (exact) mass is 291 g/mol. The van der Waals surface area contributed by atoms with Crippen LogP contribution in [0.2, 0.25) is 0 Å². The van der Waals surface area contributed by atoms with Crippen molar-refractivity contribution >= 4 is 11.9 Å². The molecule has 1 saturated heterocycles. The third-order valence-electron chi connectivity index (χ3n) is 3.33. The number of carbonyl (C=O) groups excluding carboxylic acids is 2. The molecule has 2 rings (SSSR count). The number of carbonyl (C=O) groups is 2. The maximum atomic E-state index is 11.9. The summed E-state index contributed by atoms with van der Waals surface area (Å²) in [7, 11) is 1.84. The van der Waals surface area contributed by atoms with Gasteiger partial charge in [0, 0.05) is 19.6 Å². The first-order chi connectivity index (χ1) is 10.1. The number of hydrogen-bond acceptors (Lipinski definition) is 4. The van der Waals surface area contributed by atoms with Gasteiger partial charge in [-0.25, -0.2) is 4.79 Å².